The van der Waals surface area contributed by atoms with Gasteiger partial charge >= 0.3 is 12.2 Å². The van der Waals surface area contributed by atoms with E-state index in [9.17, 15) is 18.0 Å². The number of rotatable bonds is 4. The van der Waals surface area contributed by atoms with Crippen LogP contribution in [0.2, 0.25) is 0 Å². The molecule has 0 bridgehead atoms. The number of piperidine rings is 1. The fraction of sp³-hybridized carbons (Fsp3) is 0.600. The Morgan fingerprint density at radius 3 is 3.00 bits per heavy atom. The highest BCUT2D eigenvalue weighted by Gasteiger charge is 2.29. The molecule has 128 valence electrons. The Hall–Kier alpha value is -1.99. The summed E-state index contributed by atoms with van der Waals surface area (Å²) in [5.74, 6) is 0.343. The topological polar surface area (TPSA) is 54.5 Å². The van der Waals surface area contributed by atoms with Crippen LogP contribution in [-0.4, -0.2) is 41.8 Å². The normalized spacial score (nSPS) is 18.6. The van der Waals surface area contributed by atoms with Gasteiger partial charge in [-0.2, -0.15) is 13.2 Å². The Labute approximate surface area is 132 Å². The summed E-state index contributed by atoms with van der Waals surface area (Å²) in [5.41, 5.74) is 0.412. The highest BCUT2D eigenvalue weighted by Crippen LogP contribution is 2.20. The zero-order chi connectivity index (χ0) is 16.9. The number of hydrogen-bond donors (Lipinski definition) is 1. The van der Waals surface area contributed by atoms with E-state index >= 15 is 0 Å². The van der Waals surface area contributed by atoms with Crippen molar-refractivity contribution in [3.8, 4) is 5.88 Å². The van der Waals surface area contributed by atoms with Crippen molar-refractivity contribution >= 4 is 6.03 Å². The van der Waals surface area contributed by atoms with E-state index in [0.717, 1.165) is 12.8 Å². The first-order valence-electron chi connectivity index (χ1n) is 7.51. The van der Waals surface area contributed by atoms with Gasteiger partial charge in [0.25, 0.3) is 0 Å². The third-order valence-corrected chi connectivity index (χ3v) is 3.60. The zero-order valence-corrected chi connectivity index (χ0v) is 12.9. The van der Waals surface area contributed by atoms with Gasteiger partial charge in [-0.1, -0.05) is 13.0 Å². The maximum Gasteiger partial charge on any atom is 0.422 e. The molecule has 1 aliphatic rings. The van der Waals surface area contributed by atoms with Gasteiger partial charge in [-0.3, -0.25) is 0 Å². The minimum Gasteiger partial charge on any atom is -0.468 e. The van der Waals surface area contributed by atoms with Crippen LogP contribution in [0, 0.1) is 5.92 Å². The molecule has 2 rings (SSSR count). The number of carbonyl (C=O) groups excluding carboxylic acids is 1. The lowest BCUT2D eigenvalue weighted by Crippen LogP contribution is -2.44. The highest BCUT2D eigenvalue weighted by atomic mass is 19.4. The SMILES string of the molecule is CC1CCCN(C(=O)NCc2cccnc2OCC(F)(F)F)C1. The lowest BCUT2D eigenvalue weighted by Gasteiger charge is -2.31. The summed E-state index contributed by atoms with van der Waals surface area (Å²) < 4.78 is 41.4. The quantitative estimate of drug-likeness (QED) is 0.923. The van der Waals surface area contributed by atoms with Crippen molar-refractivity contribution in [2.45, 2.75) is 32.5 Å². The van der Waals surface area contributed by atoms with Crippen molar-refractivity contribution < 1.29 is 22.7 Å². The van der Waals surface area contributed by atoms with Gasteiger partial charge in [0.2, 0.25) is 5.88 Å². The first-order valence-corrected chi connectivity index (χ1v) is 7.51. The largest absolute Gasteiger partial charge is 0.468 e. The van der Waals surface area contributed by atoms with E-state index in [1.54, 1.807) is 17.0 Å². The maximum atomic E-state index is 12.2. The van der Waals surface area contributed by atoms with Crippen LogP contribution in [0.4, 0.5) is 18.0 Å². The van der Waals surface area contributed by atoms with Crippen LogP contribution in [0.5, 0.6) is 5.88 Å². The fourth-order valence-electron chi connectivity index (χ4n) is 2.50. The molecular weight excluding hydrogens is 311 g/mol. The molecule has 1 fully saturated rings. The molecular formula is C15H20F3N3O2. The second-order valence-electron chi connectivity index (χ2n) is 5.72. The van der Waals surface area contributed by atoms with Crippen molar-refractivity contribution in [3.05, 3.63) is 23.9 Å². The van der Waals surface area contributed by atoms with E-state index in [4.69, 9.17) is 4.74 Å². The van der Waals surface area contributed by atoms with E-state index in [1.165, 1.54) is 6.20 Å². The van der Waals surface area contributed by atoms with Gasteiger partial charge in [0.1, 0.15) is 0 Å². The van der Waals surface area contributed by atoms with Crippen LogP contribution in [0.15, 0.2) is 18.3 Å². The third kappa shape index (κ3) is 5.61. The Balaban J connectivity index is 1.91. The average molecular weight is 331 g/mol. The number of pyridine rings is 1. The van der Waals surface area contributed by atoms with Gasteiger partial charge in [0.05, 0.1) is 0 Å². The number of amides is 2. The lowest BCUT2D eigenvalue weighted by atomic mass is 10.0. The predicted molar refractivity (Wildman–Crippen MR) is 78.0 cm³/mol. The molecule has 1 N–H and O–H groups in total. The van der Waals surface area contributed by atoms with Gasteiger partial charge in [-0.25, -0.2) is 9.78 Å². The number of likely N-dealkylation sites (tertiary alicyclic amines) is 1. The summed E-state index contributed by atoms with van der Waals surface area (Å²) in [6.45, 7) is 2.14. The van der Waals surface area contributed by atoms with E-state index in [-0.39, 0.29) is 18.5 Å². The van der Waals surface area contributed by atoms with E-state index in [0.29, 0.717) is 24.6 Å². The number of nitrogens with zero attached hydrogens (tertiary/aromatic N) is 2. The molecule has 1 saturated heterocycles. The molecule has 8 heteroatoms. The molecule has 0 radical (unpaired) electrons. The smallest absolute Gasteiger partial charge is 0.422 e. The van der Waals surface area contributed by atoms with E-state index in [1.807, 2.05) is 0 Å². The molecule has 0 spiro atoms. The molecule has 1 aliphatic heterocycles. The molecule has 1 unspecified atom stereocenters. The lowest BCUT2D eigenvalue weighted by molar-refractivity contribution is -0.154. The van der Waals surface area contributed by atoms with Crippen LogP contribution in [-0.2, 0) is 6.54 Å². The third-order valence-electron chi connectivity index (χ3n) is 3.60. The molecule has 1 aromatic rings. The predicted octanol–water partition coefficient (Wildman–Crippen LogP) is 2.96. The number of nitrogens with one attached hydrogen (secondary N) is 1. The fourth-order valence-corrected chi connectivity index (χ4v) is 2.50. The van der Waals surface area contributed by atoms with Gasteiger partial charge in [0, 0.05) is 31.4 Å². The summed E-state index contributed by atoms with van der Waals surface area (Å²) in [6.07, 6.45) is -1.02. The number of aromatic nitrogens is 1. The average Bonchev–Trinajstić information content (AvgIpc) is 2.50. The van der Waals surface area contributed by atoms with Gasteiger partial charge in [-0.15, -0.1) is 0 Å². The molecule has 0 saturated carbocycles. The van der Waals surface area contributed by atoms with Crippen LogP contribution in [0.3, 0.4) is 0 Å². The first kappa shape index (κ1) is 17.4. The molecule has 1 atom stereocenters. The minimum absolute atomic E-state index is 0.0742. The van der Waals surface area contributed by atoms with Crippen molar-refractivity contribution in [1.29, 1.82) is 0 Å². The second kappa shape index (κ2) is 7.52. The Morgan fingerprint density at radius 1 is 1.52 bits per heavy atom. The van der Waals surface area contributed by atoms with E-state index < -0.39 is 12.8 Å². The highest BCUT2D eigenvalue weighted by molar-refractivity contribution is 5.74. The summed E-state index contributed by atoms with van der Waals surface area (Å²) >= 11 is 0. The molecule has 0 aliphatic carbocycles. The Kier molecular flexibility index (Phi) is 5.68. The van der Waals surface area contributed by atoms with Crippen LogP contribution in [0.1, 0.15) is 25.3 Å². The van der Waals surface area contributed by atoms with Crippen molar-refractivity contribution in [2.75, 3.05) is 19.7 Å². The molecule has 1 aromatic heterocycles. The monoisotopic (exact) mass is 331 g/mol. The first-order chi connectivity index (χ1) is 10.8. The van der Waals surface area contributed by atoms with Crippen LogP contribution >= 0.6 is 0 Å². The number of halogens is 3. The molecule has 2 amide bonds. The summed E-state index contributed by atoms with van der Waals surface area (Å²) in [7, 11) is 0. The summed E-state index contributed by atoms with van der Waals surface area (Å²) in [5, 5.41) is 2.71. The minimum atomic E-state index is -4.43. The number of carbonyl (C=O) groups is 1. The van der Waals surface area contributed by atoms with Crippen LogP contribution in [0.25, 0.3) is 0 Å². The standard InChI is InChI=1S/C15H20F3N3O2/c1-11-4-3-7-21(9-11)14(22)20-8-12-5-2-6-19-13(12)23-10-15(16,17)18/h2,5-6,11H,3-4,7-10H2,1H3,(H,20,22). The molecule has 5 nitrogen and oxygen atoms in total. The number of urea groups is 1. The zero-order valence-electron chi connectivity index (χ0n) is 12.9. The summed E-state index contributed by atoms with van der Waals surface area (Å²) in [4.78, 5) is 17.6. The van der Waals surface area contributed by atoms with Gasteiger partial charge in [-0.05, 0) is 24.8 Å². The van der Waals surface area contributed by atoms with Gasteiger partial charge < -0.3 is 15.0 Å². The van der Waals surface area contributed by atoms with E-state index in [2.05, 4.69) is 17.2 Å². The molecule has 0 aromatic carbocycles. The van der Waals surface area contributed by atoms with Crippen molar-refractivity contribution in [2.24, 2.45) is 5.92 Å². The number of alkyl halides is 3. The second-order valence-corrected chi connectivity index (χ2v) is 5.72. The Bertz CT molecular complexity index is 537. The summed E-state index contributed by atoms with van der Waals surface area (Å²) in [6, 6.07) is 2.95. The van der Waals surface area contributed by atoms with Gasteiger partial charge in [0.15, 0.2) is 6.61 Å². The maximum absolute atomic E-state index is 12.2. The van der Waals surface area contributed by atoms with Crippen LogP contribution < -0.4 is 10.1 Å². The van der Waals surface area contributed by atoms with Crippen molar-refractivity contribution in [3.63, 3.8) is 0 Å². The molecule has 2 heterocycles. The Morgan fingerprint density at radius 2 is 2.30 bits per heavy atom. The number of ether oxygens (including phenoxy) is 1. The molecule has 23 heavy (non-hydrogen) atoms. The number of hydrogen-bond acceptors (Lipinski definition) is 3. The van der Waals surface area contributed by atoms with Crippen molar-refractivity contribution in [1.82, 2.24) is 15.2 Å².